The highest BCUT2D eigenvalue weighted by molar-refractivity contribution is 5.97. The number of H-pyrrole nitrogens is 1. The first-order chi connectivity index (χ1) is 13.1. The van der Waals surface area contributed by atoms with Crippen molar-refractivity contribution in [2.75, 3.05) is 26.3 Å². The summed E-state index contributed by atoms with van der Waals surface area (Å²) in [5, 5.41) is 0.405. The standard InChI is InChI=1S/C19H23N3O5/c1-2-22-17(24)14-4-3-13(11-15(14)20-19(22)25)16(23)21-7-5-12(6-8-21)18-26-9-10-27-18/h3-4,11-12,18H,2,5-10H2,1H3,(H,20,25). The van der Waals surface area contributed by atoms with Crippen molar-refractivity contribution >= 4 is 16.8 Å². The first kappa shape index (κ1) is 17.9. The lowest BCUT2D eigenvalue weighted by Gasteiger charge is -2.33. The van der Waals surface area contributed by atoms with Crippen molar-refractivity contribution in [1.82, 2.24) is 14.5 Å². The zero-order valence-electron chi connectivity index (χ0n) is 15.3. The summed E-state index contributed by atoms with van der Waals surface area (Å²) < 4.78 is 12.3. The molecule has 27 heavy (non-hydrogen) atoms. The highest BCUT2D eigenvalue weighted by atomic mass is 16.7. The fraction of sp³-hybridized carbons (Fsp3) is 0.526. The Hall–Kier alpha value is -2.45. The molecule has 2 aliphatic rings. The van der Waals surface area contributed by atoms with Crippen molar-refractivity contribution in [3.8, 4) is 0 Å². The number of rotatable bonds is 3. The number of carbonyl (C=O) groups excluding carboxylic acids is 1. The molecule has 8 nitrogen and oxygen atoms in total. The summed E-state index contributed by atoms with van der Waals surface area (Å²) in [6, 6.07) is 4.86. The number of hydrogen-bond acceptors (Lipinski definition) is 5. The average molecular weight is 373 g/mol. The molecule has 8 heteroatoms. The van der Waals surface area contributed by atoms with E-state index in [1.807, 2.05) is 0 Å². The molecule has 0 spiro atoms. The van der Waals surface area contributed by atoms with Crippen LogP contribution in [0, 0.1) is 5.92 Å². The van der Waals surface area contributed by atoms with Crippen LogP contribution in [0.2, 0.25) is 0 Å². The summed E-state index contributed by atoms with van der Waals surface area (Å²) in [5.74, 6) is 0.223. The van der Waals surface area contributed by atoms with Crippen LogP contribution in [0.3, 0.4) is 0 Å². The van der Waals surface area contributed by atoms with Crippen LogP contribution >= 0.6 is 0 Å². The maximum absolute atomic E-state index is 12.9. The van der Waals surface area contributed by atoms with Gasteiger partial charge in [-0.1, -0.05) is 0 Å². The Kier molecular flexibility index (Phi) is 4.84. The number of amides is 1. The summed E-state index contributed by atoms with van der Waals surface area (Å²) >= 11 is 0. The highest BCUT2D eigenvalue weighted by Gasteiger charge is 2.32. The molecule has 0 aliphatic carbocycles. The Morgan fingerprint density at radius 3 is 2.56 bits per heavy atom. The molecule has 1 aromatic carbocycles. The smallest absolute Gasteiger partial charge is 0.328 e. The Labute approximate surface area is 155 Å². The predicted molar refractivity (Wildman–Crippen MR) is 98.8 cm³/mol. The van der Waals surface area contributed by atoms with E-state index < -0.39 is 5.69 Å². The first-order valence-corrected chi connectivity index (χ1v) is 9.38. The van der Waals surface area contributed by atoms with E-state index in [0.29, 0.717) is 55.2 Å². The number of carbonyl (C=O) groups is 1. The number of ether oxygens (including phenoxy) is 2. The molecule has 0 saturated carbocycles. The van der Waals surface area contributed by atoms with Gasteiger partial charge in [0.2, 0.25) is 0 Å². The van der Waals surface area contributed by atoms with Gasteiger partial charge in [-0.05, 0) is 38.0 Å². The van der Waals surface area contributed by atoms with Gasteiger partial charge in [-0.25, -0.2) is 4.79 Å². The maximum Gasteiger partial charge on any atom is 0.328 e. The minimum absolute atomic E-state index is 0.0934. The molecule has 2 saturated heterocycles. The largest absolute Gasteiger partial charge is 0.350 e. The predicted octanol–water partition coefficient (Wildman–Crippen LogP) is 0.935. The van der Waals surface area contributed by atoms with E-state index in [1.165, 1.54) is 0 Å². The minimum Gasteiger partial charge on any atom is -0.350 e. The van der Waals surface area contributed by atoms with Crippen molar-refractivity contribution in [2.45, 2.75) is 32.6 Å². The van der Waals surface area contributed by atoms with Crippen LogP contribution in [-0.4, -0.2) is 53.0 Å². The van der Waals surface area contributed by atoms with Gasteiger partial charge in [0, 0.05) is 31.1 Å². The molecule has 1 aromatic heterocycles. The van der Waals surface area contributed by atoms with Crippen molar-refractivity contribution < 1.29 is 14.3 Å². The summed E-state index contributed by atoms with van der Waals surface area (Å²) in [5.41, 5.74) is 0.0615. The van der Waals surface area contributed by atoms with Gasteiger partial charge in [-0.15, -0.1) is 0 Å². The number of aromatic nitrogens is 2. The number of hydrogen-bond donors (Lipinski definition) is 1. The lowest BCUT2D eigenvalue weighted by atomic mass is 9.95. The summed E-state index contributed by atoms with van der Waals surface area (Å²) in [7, 11) is 0. The van der Waals surface area contributed by atoms with Gasteiger partial charge < -0.3 is 19.4 Å². The molecule has 1 amide bonds. The third-order valence-electron chi connectivity index (χ3n) is 5.40. The molecule has 3 heterocycles. The molecule has 0 bridgehead atoms. The van der Waals surface area contributed by atoms with Gasteiger partial charge in [-0.2, -0.15) is 0 Å². The molecule has 0 unspecified atom stereocenters. The average Bonchev–Trinajstić information content (AvgIpc) is 3.22. The van der Waals surface area contributed by atoms with Gasteiger partial charge in [0.05, 0.1) is 24.1 Å². The minimum atomic E-state index is -0.461. The monoisotopic (exact) mass is 373 g/mol. The van der Waals surface area contributed by atoms with Crippen LogP contribution in [-0.2, 0) is 16.0 Å². The van der Waals surface area contributed by atoms with Gasteiger partial charge >= 0.3 is 5.69 Å². The quantitative estimate of drug-likeness (QED) is 0.864. The molecule has 2 aliphatic heterocycles. The molecular weight excluding hydrogens is 350 g/mol. The number of benzene rings is 1. The van der Waals surface area contributed by atoms with Gasteiger partial charge in [-0.3, -0.25) is 14.2 Å². The topological polar surface area (TPSA) is 93.6 Å². The SMILES string of the molecule is CCn1c(=O)[nH]c2cc(C(=O)N3CCC(C4OCCO4)CC3)ccc2c1=O. The van der Waals surface area contributed by atoms with Crippen molar-refractivity contribution in [1.29, 1.82) is 0 Å². The van der Waals surface area contributed by atoms with Crippen molar-refractivity contribution in [3.05, 3.63) is 44.6 Å². The Morgan fingerprint density at radius 2 is 1.89 bits per heavy atom. The van der Waals surface area contributed by atoms with Crippen LogP contribution in [0.1, 0.15) is 30.1 Å². The number of likely N-dealkylation sites (tertiary alicyclic amines) is 1. The third-order valence-corrected chi connectivity index (χ3v) is 5.40. The second-order valence-corrected chi connectivity index (χ2v) is 6.98. The fourth-order valence-corrected chi connectivity index (χ4v) is 3.88. The van der Waals surface area contributed by atoms with Crippen LogP contribution in [0.5, 0.6) is 0 Å². The van der Waals surface area contributed by atoms with E-state index >= 15 is 0 Å². The lowest BCUT2D eigenvalue weighted by molar-refractivity contribution is -0.0956. The molecular formula is C19H23N3O5. The van der Waals surface area contributed by atoms with Crippen molar-refractivity contribution in [2.24, 2.45) is 5.92 Å². The summed E-state index contributed by atoms with van der Waals surface area (Å²) in [6.07, 6.45) is 1.53. The number of nitrogens with one attached hydrogen (secondary N) is 1. The normalized spacial score (nSPS) is 19.1. The van der Waals surface area contributed by atoms with Crippen LogP contribution in [0.25, 0.3) is 10.9 Å². The second kappa shape index (κ2) is 7.28. The second-order valence-electron chi connectivity index (χ2n) is 6.98. The lowest BCUT2D eigenvalue weighted by Crippen LogP contribution is -2.41. The Morgan fingerprint density at radius 1 is 1.19 bits per heavy atom. The van der Waals surface area contributed by atoms with Crippen LogP contribution < -0.4 is 11.2 Å². The highest BCUT2D eigenvalue weighted by Crippen LogP contribution is 2.26. The maximum atomic E-state index is 12.9. The number of piperidine rings is 1. The summed E-state index contributed by atoms with van der Waals surface area (Å²) in [6.45, 7) is 4.59. The van der Waals surface area contributed by atoms with Crippen LogP contribution in [0.4, 0.5) is 0 Å². The first-order valence-electron chi connectivity index (χ1n) is 9.38. The van der Waals surface area contributed by atoms with E-state index in [4.69, 9.17) is 9.47 Å². The van der Waals surface area contributed by atoms with Crippen molar-refractivity contribution in [3.63, 3.8) is 0 Å². The van der Waals surface area contributed by atoms with Gasteiger partial charge in [0.25, 0.3) is 11.5 Å². The fourth-order valence-electron chi connectivity index (χ4n) is 3.88. The van der Waals surface area contributed by atoms with E-state index in [9.17, 15) is 14.4 Å². The van der Waals surface area contributed by atoms with E-state index in [1.54, 1.807) is 30.0 Å². The van der Waals surface area contributed by atoms with Crippen LogP contribution in [0.15, 0.2) is 27.8 Å². The Balaban J connectivity index is 1.53. The van der Waals surface area contributed by atoms with Gasteiger partial charge in [0.15, 0.2) is 6.29 Å². The molecule has 4 rings (SSSR count). The van der Waals surface area contributed by atoms with E-state index in [2.05, 4.69) is 4.98 Å². The number of aromatic amines is 1. The number of fused-ring (bicyclic) bond motifs is 1. The zero-order valence-corrected chi connectivity index (χ0v) is 15.3. The molecule has 0 radical (unpaired) electrons. The van der Waals surface area contributed by atoms with E-state index in [0.717, 1.165) is 17.4 Å². The molecule has 2 fully saturated rings. The third kappa shape index (κ3) is 3.30. The zero-order chi connectivity index (χ0) is 19.0. The Bertz CT molecular complexity index is 965. The number of nitrogens with zero attached hydrogens (tertiary/aromatic N) is 2. The molecule has 0 atom stereocenters. The van der Waals surface area contributed by atoms with E-state index in [-0.39, 0.29) is 17.8 Å². The molecule has 144 valence electrons. The van der Waals surface area contributed by atoms with Gasteiger partial charge in [0.1, 0.15) is 0 Å². The molecule has 1 N–H and O–H groups in total. The molecule has 2 aromatic rings. The summed E-state index contributed by atoms with van der Waals surface area (Å²) in [4.78, 5) is 41.7.